The molecule has 0 aromatic carbocycles. The fourth-order valence-corrected chi connectivity index (χ4v) is 2.22. The Kier molecular flexibility index (Phi) is 5.08. The lowest BCUT2D eigenvalue weighted by Crippen LogP contribution is -2.32. The quantitative estimate of drug-likeness (QED) is 0.846. The summed E-state index contributed by atoms with van der Waals surface area (Å²) in [6, 6.07) is 1.58. The molecule has 1 heterocycles. The molecule has 1 N–H and O–H groups in total. The molecule has 0 spiro atoms. The van der Waals surface area contributed by atoms with Gasteiger partial charge in [0.1, 0.15) is 11.4 Å². The Labute approximate surface area is 109 Å². The van der Waals surface area contributed by atoms with Crippen LogP contribution in [0.2, 0.25) is 0 Å². The van der Waals surface area contributed by atoms with E-state index in [1.165, 1.54) is 0 Å². The zero-order chi connectivity index (χ0) is 13.8. The van der Waals surface area contributed by atoms with Gasteiger partial charge >= 0.3 is 0 Å². The average Bonchev–Trinajstić information content (AvgIpc) is 2.30. The largest absolute Gasteiger partial charge is 0.370 e. The molecule has 0 radical (unpaired) electrons. The molecule has 0 aliphatic carbocycles. The van der Waals surface area contributed by atoms with Gasteiger partial charge in [-0.2, -0.15) is 0 Å². The van der Waals surface area contributed by atoms with E-state index in [0.717, 1.165) is 25.0 Å². The first-order chi connectivity index (χ1) is 8.47. The highest BCUT2D eigenvalue weighted by Crippen LogP contribution is 2.29. The van der Waals surface area contributed by atoms with Crippen LogP contribution in [0.5, 0.6) is 0 Å². The molecule has 4 nitrogen and oxygen atoms in total. The van der Waals surface area contributed by atoms with Crippen LogP contribution in [0.4, 0.5) is 0 Å². The van der Waals surface area contributed by atoms with E-state index in [-0.39, 0.29) is 5.56 Å². The van der Waals surface area contributed by atoms with Crippen LogP contribution < -0.4 is 5.56 Å². The zero-order valence-electron chi connectivity index (χ0n) is 12.0. The number of aromatic amines is 1. The molecule has 0 bridgehead atoms. The maximum Gasteiger partial charge on any atom is 0.251 e. The summed E-state index contributed by atoms with van der Waals surface area (Å²) in [4.78, 5) is 19.1. The average molecular weight is 252 g/mol. The number of hydrogen-bond donors (Lipinski definition) is 1. The van der Waals surface area contributed by atoms with E-state index in [2.05, 4.69) is 23.8 Å². The highest BCUT2D eigenvalue weighted by Gasteiger charge is 2.31. The van der Waals surface area contributed by atoms with E-state index in [9.17, 15) is 4.79 Å². The van der Waals surface area contributed by atoms with E-state index in [1.54, 1.807) is 13.2 Å². The summed E-state index contributed by atoms with van der Waals surface area (Å²) in [5.74, 6) is 1.13. The fraction of sp³-hybridized carbons (Fsp3) is 0.714. The number of aromatic nitrogens is 2. The summed E-state index contributed by atoms with van der Waals surface area (Å²) in [6.45, 7) is 8.32. The molecule has 18 heavy (non-hydrogen) atoms. The van der Waals surface area contributed by atoms with Gasteiger partial charge in [0.2, 0.25) is 0 Å². The summed E-state index contributed by atoms with van der Waals surface area (Å²) in [5, 5.41) is 0. The molecule has 0 amide bonds. The van der Waals surface area contributed by atoms with Gasteiger partial charge in [0.05, 0.1) is 0 Å². The minimum absolute atomic E-state index is 0.0982. The lowest BCUT2D eigenvalue weighted by molar-refractivity contribution is -0.0295. The number of rotatable bonds is 6. The second-order valence-electron chi connectivity index (χ2n) is 5.09. The summed E-state index contributed by atoms with van der Waals surface area (Å²) in [6.07, 6.45) is 2.38. The van der Waals surface area contributed by atoms with Crippen molar-refractivity contribution in [1.29, 1.82) is 0 Å². The SMILES string of the molecule is CCC(CC)(OC)c1nc(CC(C)C)cc(=O)[nH]1. The van der Waals surface area contributed by atoms with Gasteiger partial charge in [-0.25, -0.2) is 4.98 Å². The molecule has 102 valence electrons. The summed E-state index contributed by atoms with van der Waals surface area (Å²) in [5.41, 5.74) is 0.262. The monoisotopic (exact) mass is 252 g/mol. The minimum atomic E-state index is -0.480. The van der Waals surface area contributed by atoms with Crippen molar-refractivity contribution in [2.45, 2.75) is 52.6 Å². The molecule has 0 saturated carbocycles. The summed E-state index contributed by atoms with van der Waals surface area (Å²) in [7, 11) is 1.67. The molecule has 0 aliphatic heterocycles. The van der Waals surface area contributed by atoms with Gasteiger partial charge < -0.3 is 9.72 Å². The zero-order valence-corrected chi connectivity index (χ0v) is 12.0. The molecular weight excluding hydrogens is 228 g/mol. The number of ether oxygens (including phenoxy) is 1. The van der Waals surface area contributed by atoms with E-state index >= 15 is 0 Å². The maximum atomic E-state index is 11.7. The third-order valence-corrected chi connectivity index (χ3v) is 3.38. The third kappa shape index (κ3) is 3.19. The van der Waals surface area contributed by atoms with Crippen LogP contribution in [-0.4, -0.2) is 17.1 Å². The molecule has 1 rings (SSSR count). The minimum Gasteiger partial charge on any atom is -0.370 e. The Morgan fingerprint density at radius 2 is 2.00 bits per heavy atom. The van der Waals surface area contributed by atoms with E-state index in [1.807, 2.05) is 13.8 Å². The Bertz CT molecular complexity index is 425. The molecule has 4 heteroatoms. The number of nitrogens with one attached hydrogen (secondary N) is 1. The molecule has 0 unspecified atom stereocenters. The van der Waals surface area contributed by atoms with Crippen molar-refractivity contribution >= 4 is 0 Å². The van der Waals surface area contributed by atoms with Gasteiger partial charge in [-0.3, -0.25) is 4.79 Å². The first-order valence-corrected chi connectivity index (χ1v) is 6.63. The van der Waals surface area contributed by atoms with Crippen molar-refractivity contribution in [3.8, 4) is 0 Å². The van der Waals surface area contributed by atoms with Crippen LogP contribution in [0.1, 0.15) is 52.1 Å². The lowest BCUT2D eigenvalue weighted by Gasteiger charge is -2.29. The molecule has 0 atom stereocenters. The molecule has 1 aromatic rings. The molecule has 1 aromatic heterocycles. The van der Waals surface area contributed by atoms with Crippen LogP contribution in [0.25, 0.3) is 0 Å². The van der Waals surface area contributed by atoms with E-state index in [0.29, 0.717) is 11.7 Å². The fourth-order valence-electron chi connectivity index (χ4n) is 2.22. The summed E-state index contributed by atoms with van der Waals surface area (Å²) < 4.78 is 5.60. The molecule has 0 aliphatic rings. The van der Waals surface area contributed by atoms with Crippen molar-refractivity contribution in [2.75, 3.05) is 7.11 Å². The second-order valence-corrected chi connectivity index (χ2v) is 5.09. The lowest BCUT2D eigenvalue weighted by atomic mass is 9.95. The first-order valence-electron chi connectivity index (χ1n) is 6.63. The van der Waals surface area contributed by atoms with Crippen molar-refractivity contribution in [3.63, 3.8) is 0 Å². The van der Waals surface area contributed by atoms with E-state index in [4.69, 9.17) is 4.74 Å². The molecular formula is C14H24N2O2. The Morgan fingerprint density at radius 1 is 1.39 bits per heavy atom. The smallest absolute Gasteiger partial charge is 0.251 e. The van der Waals surface area contributed by atoms with E-state index < -0.39 is 5.60 Å². The first kappa shape index (κ1) is 14.9. The molecule has 0 saturated heterocycles. The molecule has 0 fully saturated rings. The van der Waals surface area contributed by atoms with Crippen molar-refractivity contribution < 1.29 is 4.74 Å². The Balaban J connectivity index is 3.23. The van der Waals surface area contributed by atoms with Crippen molar-refractivity contribution in [2.24, 2.45) is 5.92 Å². The van der Waals surface area contributed by atoms with Crippen LogP contribution in [0, 0.1) is 5.92 Å². The van der Waals surface area contributed by atoms with Crippen LogP contribution in [-0.2, 0) is 16.8 Å². The number of methoxy groups -OCH3 is 1. The van der Waals surface area contributed by atoms with Crippen LogP contribution in [0.15, 0.2) is 10.9 Å². The van der Waals surface area contributed by atoms with Crippen molar-refractivity contribution in [3.05, 3.63) is 27.9 Å². The Morgan fingerprint density at radius 3 is 2.44 bits per heavy atom. The standard InChI is InChI=1S/C14H24N2O2/c1-6-14(7-2,18-5)13-15-11(8-10(3)4)9-12(17)16-13/h9-10H,6-8H2,1-5H3,(H,15,16,17). The second kappa shape index (κ2) is 6.14. The van der Waals surface area contributed by atoms with Gasteiger partial charge in [-0.1, -0.05) is 27.7 Å². The third-order valence-electron chi connectivity index (χ3n) is 3.38. The van der Waals surface area contributed by atoms with Gasteiger partial charge in [0, 0.05) is 18.9 Å². The van der Waals surface area contributed by atoms with Crippen molar-refractivity contribution in [1.82, 2.24) is 9.97 Å². The van der Waals surface area contributed by atoms with Crippen LogP contribution >= 0.6 is 0 Å². The predicted molar refractivity (Wildman–Crippen MR) is 72.7 cm³/mol. The van der Waals surface area contributed by atoms with Gasteiger partial charge in [-0.15, -0.1) is 0 Å². The predicted octanol–water partition coefficient (Wildman–Crippen LogP) is 2.63. The highest BCUT2D eigenvalue weighted by atomic mass is 16.5. The maximum absolute atomic E-state index is 11.7. The number of hydrogen-bond acceptors (Lipinski definition) is 3. The van der Waals surface area contributed by atoms with Gasteiger partial charge in [0.15, 0.2) is 0 Å². The topological polar surface area (TPSA) is 55.0 Å². The van der Waals surface area contributed by atoms with Gasteiger partial charge in [0.25, 0.3) is 5.56 Å². The summed E-state index contributed by atoms with van der Waals surface area (Å²) >= 11 is 0. The van der Waals surface area contributed by atoms with Gasteiger partial charge in [-0.05, 0) is 25.2 Å². The normalized spacial score (nSPS) is 12.1. The van der Waals surface area contributed by atoms with Crippen LogP contribution in [0.3, 0.4) is 0 Å². The Hall–Kier alpha value is -1.16. The highest BCUT2D eigenvalue weighted by molar-refractivity contribution is 5.09. The number of nitrogens with zero attached hydrogens (tertiary/aromatic N) is 1. The number of H-pyrrole nitrogens is 1.